The van der Waals surface area contributed by atoms with Crippen molar-refractivity contribution in [3.63, 3.8) is 0 Å². The van der Waals surface area contributed by atoms with Gasteiger partial charge in [-0.05, 0) is 36.4 Å². The summed E-state index contributed by atoms with van der Waals surface area (Å²) in [5.41, 5.74) is 1.26. The molecule has 5 rings (SSSR count). The summed E-state index contributed by atoms with van der Waals surface area (Å²) in [7, 11) is 0. The molecular formula is C22H12N2O6. The van der Waals surface area contributed by atoms with Crippen molar-refractivity contribution in [2.24, 2.45) is 0 Å². The molecule has 0 amide bonds. The highest BCUT2D eigenvalue weighted by molar-refractivity contribution is 6.12. The van der Waals surface area contributed by atoms with Crippen molar-refractivity contribution in [1.29, 1.82) is 0 Å². The number of hydrogen-bond donors (Lipinski definition) is 2. The van der Waals surface area contributed by atoms with E-state index in [0.717, 1.165) is 12.1 Å². The Morgan fingerprint density at radius 1 is 0.667 bits per heavy atom. The molecule has 2 N–H and O–H groups in total. The smallest absolute Gasteiger partial charge is 0.269 e. The first kappa shape index (κ1) is 17.6. The normalized spacial score (nSPS) is 11.2. The molecule has 0 fully saturated rings. The van der Waals surface area contributed by atoms with Crippen molar-refractivity contribution >= 4 is 33.8 Å². The minimum absolute atomic E-state index is 0.246. The van der Waals surface area contributed by atoms with Crippen LogP contribution in [0.15, 0.2) is 69.5 Å². The molecule has 8 nitrogen and oxygen atoms in total. The molecule has 0 aliphatic rings. The molecule has 0 saturated carbocycles. The van der Waals surface area contributed by atoms with Crippen LogP contribution < -0.4 is 0 Å². The lowest BCUT2D eigenvalue weighted by atomic mass is 10.0. The van der Waals surface area contributed by atoms with E-state index < -0.39 is 23.1 Å². The Hall–Kier alpha value is -4.46. The zero-order valence-electron chi connectivity index (χ0n) is 15.2. The summed E-state index contributed by atoms with van der Waals surface area (Å²) in [6.07, 6.45) is 0. The Kier molecular flexibility index (Phi) is 3.85. The highest BCUT2D eigenvalue weighted by Crippen LogP contribution is 2.31. The fourth-order valence-corrected chi connectivity index (χ4v) is 3.11. The number of aromatic nitrogens is 2. The summed E-state index contributed by atoms with van der Waals surface area (Å²) < 4.78 is 10.8. The van der Waals surface area contributed by atoms with Gasteiger partial charge < -0.3 is 19.0 Å². The Morgan fingerprint density at radius 3 is 1.47 bits per heavy atom. The molecule has 0 aliphatic carbocycles. The zero-order valence-corrected chi connectivity index (χ0v) is 15.2. The van der Waals surface area contributed by atoms with E-state index >= 15 is 0 Å². The molecule has 5 aromatic rings. The predicted molar refractivity (Wildman–Crippen MR) is 105 cm³/mol. The van der Waals surface area contributed by atoms with Gasteiger partial charge in [0, 0.05) is 0 Å². The van der Waals surface area contributed by atoms with E-state index in [4.69, 9.17) is 8.83 Å². The van der Waals surface area contributed by atoms with Crippen LogP contribution in [0, 0.1) is 0 Å². The summed E-state index contributed by atoms with van der Waals surface area (Å²) in [5, 5.41) is 20.7. The van der Waals surface area contributed by atoms with Crippen LogP contribution in [0.5, 0.6) is 11.5 Å². The first-order chi connectivity index (χ1) is 14.5. The van der Waals surface area contributed by atoms with Crippen LogP contribution in [-0.2, 0) is 0 Å². The van der Waals surface area contributed by atoms with Crippen molar-refractivity contribution in [1.82, 2.24) is 9.97 Å². The number of nitrogens with zero attached hydrogens (tertiary/aromatic N) is 2. The SMILES string of the molecule is O=C(c1nc2ccccc2o1)c1cc(O)c(C(=O)c2nc3ccccc3o2)cc1O. The van der Waals surface area contributed by atoms with Gasteiger partial charge >= 0.3 is 0 Å². The Bertz CT molecular complexity index is 1290. The second-order valence-corrected chi connectivity index (χ2v) is 6.52. The molecule has 8 heteroatoms. The summed E-state index contributed by atoms with van der Waals surface area (Å²) >= 11 is 0. The topological polar surface area (TPSA) is 127 Å². The molecule has 0 atom stereocenters. The number of hydrogen-bond acceptors (Lipinski definition) is 8. The quantitative estimate of drug-likeness (QED) is 0.344. The molecule has 0 unspecified atom stereocenters. The number of fused-ring (bicyclic) bond motifs is 2. The largest absolute Gasteiger partial charge is 0.507 e. The van der Waals surface area contributed by atoms with E-state index in [0.29, 0.717) is 22.2 Å². The van der Waals surface area contributed by atoms with Crippen LogP contribution in [0.3, 0.4) is 0 Å². The van der Waals surface area contributed by atoms with E-state index in [1.165, 1.54) is 0 Å². The van der Waals surface area contributed by atoms with E-state index in [1.807, 2.05) is 0 Å². The second kappa shape index (κ2) is 6.56. The number of phenolic OH excluding ortho intramolecular Hbond substituents is 2. The maximum atomic E-state index is 12.7. The molecule has 0 radical (unpaired) electrons. The third-order valence-corrected chi connectivity index (χ3v) is 4.58. The Morgan fingerprint density at radius 2 is 1.07 bits per heavy atom. The van der Waals surface area contributed by atoms with Gasteiger partial charge in [-0.25, -0.2) is 9.97 Å². The van der Waals surface area contributed by atoms with Crippen molar-refractivity contribution in [3.8, 4) is 11.5 Å². The average molecular weight is 400 g/mol. The van der Waals surface area contributed by atoms with E-state index in [1.54, 1.807) is 48.5 Å². The zero-order chi connectivity index (χ0) is 20.8. The molecule has 0 saturated heterocycles. The minimum atomic E-state index is -0.736. The fraction of sp³-hybridized carbons (Fsp3) is 0. The Labute approximate surface area is 168 Å². The molecule has 0 spiro atoms. The van der Waals surface area contributed by atoms with Gasteiger partial charge in [-0.1, -0.05) is 24.3 Å². The predicted octanol–water partition coefficient (Wildman–Crippen LogP) is 3.84. The molecule has 2 aromatic heterocycles. The molecule has 2 heterocycles. The number of carbonyl (C=O) groups excluding carboxylic acids is 2. The average Bonchev–Trinajstić information content (AvgIpc) is 3.38. The van der Waals surface area contributed by atoms with Gasteiger partial charge in [-0.3, -0.25) is 9.59 Å². The van der Waals surface area contributed by atoms with E-state index in [-0.39, 0.29) is 22.9 Å². The summed E-state index contributed by atoms with van der Waals surface area (Å²) in [6, 6.07) is 15.6. The standard InChI is InChI=1S/C22H12N2O6/c25-15-10-12(20(28)22-24-14-6-2-4-8-18(14)30-22)16(26)9-11(15)19(27)21-23-13-5-1-3-7-17(13)29-21/h1-10,25-26H. The number of para-hydroxylation sites is 4. The molecule has 146 valence electrons. The second-order valence-electron chi connectivity index (χ2n) is 6.52. The third kappa shape index (κ3) is 2.78. The van der Waals surface area contributed by atoms with Gasteiger partial charge in [0.25, 0.3) is 23.3 Å². The van der Waals surface area contributed by atoms with Gasteiger partial charge in [0.1, 0.15) is 22.5 Å². The fourth-order valence-electron chi connectivity index (χ4n) is 3.11. The lowest BCUT2D eigenvalue weighted by molar-refractivity contribution is 0.0989. The summed E-state index contributed by atoms with van der Waals surface area (Å²) in [5.74, 6) is -2.99. The number of carbonyl (C=O) groups is 2. The lowest BCUT2D eigenvalue weighted by Gasteiger charge is -2.06. The molecule has 3 aromatic carbocycles. The highest BCUT2D eigenvalue weighted by Gasteiger charge is 2.26. The van der Waals surface area contributed by atoms with Crippen molar-refractivity contribution in [2.75, 3.05) is 0 Å². The number of aromatic hydroxyl groups is 2. The van der Waals surface area contributed by atoms with Crippen LogP contribution >= 0.6 is 0 Å². The van der Waals surface area contributed by atoms with Gasteiger partial charge in [0.05, 0.1) is 11.1 Å². The summed E-state index contributed by atoms with van der Waals surface area (Å²) in [6.45, 7) is 0. The third-order valence-electron chi connectivity index (χ3n) is 4.58. The highest BCUT2D eigenvalue weighted by atomic mass is 16.4. The van der Waals surface area contributed by atoms with Crippen LogP contribution in [0.1, 0.15) is 32.5 Å². The number of phenols is 2. The maximum Gasteiger partial charge on any atom is 0.269 e. The maximum absolute atomic E-state index is 12.7. The molecular weight excluding hydrogens is 388 g/mol. The Balaban J connectivity index is 1.52. The van der Waals surface area contributed by atoms with E-state index in [2.05, 4.69) is 9.97 Å². The molecule has 0 bridgehead atoms. The van der Waals surface area contributed by atoms with Crippen molar-refractivity contribution < 1.29 is 28.6 Å². The van der Waals surface area contributed by atoms with Gasteiger partial charge in [-0.15, -0.1) is 0 Å². The number of benzene rings is 3. The van der Waals surface area contributed by atoms with Crippen molar-refractivity contribution in [3.05, 3.63) is 83.6 Å². The minimum Gasteiger partial charge on any atom is -0.507 e. The van der Waals surface area contributed by atoms with Gasteiger partial charge in [0.15, 0.2) is 11.2 Å². The lowest BCUT2D eigenvalue weighted by Crippen LogP contribution is -2.06. The van der Waals surface area contributed by atoms with Gasteiger partial charge in [-0.2, -0.15) is 0 Å². The first-order valence-electron chi connectivity index (χ1n) is 8.88. The first-order valence-corrected chi connectivity index (χ1v) is 8.88. The monoisotopic (exact) mass is 400 g/mol. The van der Waals surface area contributed by atoms with Crippen LogP contribution in [0.25, 0.3) is 22.2 Å². The van der Waals surface area contributed by atoms with Gasteiger partial charge in [0.2, 0.25) is 0 Å². The summed E-state index contributed by atoms with van der Waals surface area (Å²) in [4.78, 5) is 33.6. The van der Waals surface area contributed by atoms with Crippen LogP contribution in [0.4, 0.5) is 0 Å². The number of oxazole rings is 2. The van der Waals surface area contributed by atoms with E-state index in [9.17, 15) is 19.8 Å². The van der Waals surface area contributed by atoms with Crippen LogP contribution in [-0.4, -0.2) is 31.7 Å². The van der Waals surface area contributed by atoms with Crippen molar-refractivity contribution in [2.45, 2.75) is 0 Å². The van der Waals surface area contributed by atoms with Crippen LogP contribution in [0.2, 0.25) is 0 Å². The number of rotatable bonds is 4. The molecule has 0 aliphatic heterocycles. The molecule has 30 heavy (non-hydrogen) atoms. The number of ketones is 2.